The number of benzene rings is 1. The van der Waals surface area contributed by atoms with Crippen molar-refractivity contribution in [1.29, 1.82) is 0 Å². The molecule has 1 rings (SSSR count). The molecule has 5 nitrogen and oxygen atoms in total. The molecule has 0 unspecified atom stereocenters. The fourth-order valence-electron chi connectivity index (χ4n) is 1.41. The van der Waals surface area contributed by atoms with E-state index in [1.54, 1.807) is 6.92 Å². The van der Waals surface area contributed by atoms with Gasteiger partial charge in [-0.15, -0.1) is 6.42 Å². The van der Waals surface area contributed by atoms with Crippen LogP contribution in [-0.4, -0.2) is 36.9 Å². The minimum atomic E-state index is -3.74. The minimum absolute atomic E-state index is 0.0455. The second kappa shape index (κ2) is 5.67. The monoisotopic (exact) mass is 267 g/mol. The highest BCUT2D eigenvalue weighted by molar-refractivity contribution is 7.89. The standard InChI is InChI=1S/C12H13NO4S/c1-3-8-13(4-2)18(16,17)11-7-5-6-10(9-11)12(14)15/h1,5-7,9H,4,8H2,2H3,(H,14,15). The molecule has 0 radical (unpaired) electrons. The summed E-state index contributed by atoms with van der Waals surface area (Å²) < 4.78 is 25.4. The maximum absolute atomic E-state index is 12.2. The van der Waals surface area contributed by atoms with Crippen molar-refractivity contribution in [3.05, 3.63) is 29.8 Å². The van der Waals surface area contributed by atoms with Crippen LogP contribution in [0.2, 0.25) is 0 Å². The van der Waals surface area contributed by atoms with Crippen molar-refractivity contribution >= 4 is 16.0 Å². The number of sulfonamides is 1. The highest BCUT2D eigenvalue weighted by atomic mass is 32.2. The summed E-state index contributed by atoms with van der Waals surface area (Å²) >= 11 is 0. The van der Waals surface area contributed by atoms with E-state index < -0.39 is 16.0 Å². The second-order valence-electron chi connectivity index (χ2n) is 3.47. The van der Waals surface area contributed by atoms with Crippen LogP contribution in [0.1, 0.15) is 17.3 Å². The summed E-state index contributed by atoms with van der Waals surface area (Å²) in [5.74, 6) is 1.09. The van der Waals surface area contributed by atoms with Crippen molar-refractivity contribution < 1.29 is 18.3 Å². The maximum Gasteiger partial charge on any atom is 0.335 e. The van der Waals surface area contributed by atoms with Crippen LogP contribution in [0.25, 0.3) is 0 Å². The van der Waals surface area contributed by atoms with Gasteiger partial charge >= 0.3 is 5.97 Å². The molecule has 0 aliphatic heterocycles. The van der Waals surface area contributed by atoms with Crippen LogP contribution in [0.3, 0.4) is 0 Å². The fourth-order valence-corrected chi connectivity index (χ4v) is 2.82. The molecule has 0 saturated heterocycles. The van der Waals surface area contributed by atoms with Gasteiger partial charge in [-0.05, 0) is 18.2 Å². The van der Waals surface area contributed by atoms with Crippen LogP contribution in [0.4, 0.5) is 0 Å². The van der Waals surface area contributed by atoms with Gasteiger partial charge < -0.3 is 5.11 Å². The molecule has 0 heterocycles. The van der Waals surface area contributed by atoms with Crippen molar-refractivity contribution in [2.45, 2.75) is 11.8 Å². The van der Waals surface area contributed by atoms with Crippen molar-refractivity contribution in [2.75, 3.05) is 13.1 Å². The largest absolute Gasteiger partial charge is 0.478 e. The van der Waals surface area contributed by atoms with E-state index in [0.717, 1.165) is 10.4 Å². The van der Waals surface area contributed by atoms with Crippen LogP contribution >= 0.6 is 0 Å². The number of carboxylic acid groups (broad SMARTS) is 1. The van der Waals surface area contributed by atoms with Gasteiger partial charge in [0.05, 0.1) is 17.0 Å². The van der Waals surface area contributed by atoms with Crippen LogP contribution in [-0.2, 0) is 10.0 Å². The average Bonchev–Trinajstić information content (AvgIpc) is 2.35. The molecule has 0 saturated carbocycles. The molecule has 0 bridgehead atoms. The molecule has 1 N–H and O–H groups in total. The first-order valence-corrected chi connectivity index (χ1v) is 6.64. The number of rotatable bonds is 5. The molecule has 0 amide bonds. The van der Waals surface area contributed by atoms with Gasteiger partial charge in [0.15, 0.2) is 0 Å². The van der Waals surface area contributed by atoms with Crippen molar-refractivity contribution in [1.82, 2.24) is 4.31 Å². The lowest BCUT2D eigenvalue weighted by Gasteiger charge is -2.17. The molecule has 0 aliphatic carbocycles. The molecule has 96 valence electrons. The number of carbonyl (C=O) groups is 1. The third kappa shape index (κ3) is 2.88. The Morgan fingerprint density at radius 3 is 2.67 bits per heavy atom. The predicted octanol–water partition coefficient (Wildman–Crippen LogP) is 1.03. The first-order chi connectivity index (χ1) is 8.43. The molecule has 18 heavy (non-hydrogen) atoms. The van der Waals surface area contributed by atoms with E-state index in [0.29, 0.717) is 0 Å². The third-order valence-electron chi connectivity index (χ3n) is 2.34. The number of terminal acetylenes is 1. The highest BCUT2D eigenvalue weighted by Gasteiger charge is 2.23. The van der Waals surface area contributed by atoms with Gasteiger partial charge in [-0.25, -0.2) is 13.2 Å². The predicted molar refractivity (Wildman–Crippen MR) is 66.7 cm³/mol. The van der Waals surface area contributed by atoms with Crippen LogP contribution in [0.5, 0.6) is 0 Å². The Hall–Kier alpha value is -1.84. The third-order valence-corrected chi connectivity index (χ3v) is 4.26. The lowest BCUT2D eigenvalue weighted by molar-refractivity contribution is 0.0696. The minimum Gasteiger partial charge on any atom is -0.478 e. The van der Waals surface area contributed by atoms with E-state index in [1.165, 1.54) is 18.2 Å². The number of aromatic carboxylic acids is 1. The Bertz CT molecular complexity index is 586. The van der Waals surface area contributed by atoms with E-state index in [9.17, 15) is 13.2 Å². The van der Waals surface area contributed by atoms with Gasteiger partial charge in [0, 0.05) is 6.54 Å². The summed E-state index contributed by atoms with van der Waals surface area (Å²) in [4.78, 5) is 10.7. The van der Waals surface area contributed by atoms with Crippen LogP contribution in [0, 0.1) is 12.3 Å². The Kier molecular flexibility index (Phi) is 4.48. The van der Waals surface area contributed by atoms with E-state index in [-0.39, 0.29) is 23.5 Å². The maximum atomic E-state index is 12.2. The van der Waals surface area contributed by atoms with Crippen LogP contribution in [0.15, 0.2) is 29.2 Å². The summed E-state index contributed by atoms with van der Waals surface area (Å²) in [6, 6.07) is 5.19. The van der Waals surface area contributed by atoms with Gasteiger partial charge in [-0.1, -0.05) is 18.9 Å². The fraction of sp³-hybridized carbons (Fsp3) is 0.250. The topological polar surface area (TPSA) is 74.7 Å². The summed E-state index contributed by atoms with van der Waals surface area (Å²) in [7, 11) is -3.74. The number of hydrogen-bond acceptors (Lipinski definition) is 3. The SMILES string of the molecule is C#CCN(CC)S(=O)(=O)c1cccc(C(=O)O)c1. The van der Waals surface area contributed by atoms with E-state index in [4.69, 9.17) is 11.5 Å². The summed E-state index contributed by atoms with van der Waals surface area (Å²) in [5, 5.41) is 8.83. The molecule has 1 aromatic carbocycles. The zero-order chi connectivity index (χ0) is 13.8. The Morgan fingerprint density at radius 1 is 1.50 bits per heavy atom. The molecule has 1 aromatic rings. The van der Waals surface area contributed by atoms with Crippen molar-refractivity contribution in [3.8, 4) is 12.3 Å². The van der Waals surface area contributed by atoms with E-state index in [1.807, 2.05) is 0 Å². The van der Waals surface area contributed by atoms with Gasteiger partial charge in [-0.3, -0.25) is 0 Å². The normalized spacial score (nSPS) is 11.2. The van der Waals surface area contributed by atoms with Crippen molar-refractivity contribution in [3.63, 3.8) is 0 Å². The smallest absolute Gasteiger partial charge is 0.335 e. The number of carboxylic acids is 1. The summed E-state index contributed by atoms with van der Waals surface area (Å²) in [6.07, 6.45) is 5.11. The zero-order valence-corrected chi connectivity index (χ0v) is 10.6. The number of nitrogens with zero attached hydrogens (tertiary/aromatic N) is 1. The van der Waals surface area contributed by atoms with Gasteiger partial charge in [0.25, 0.3) is 0 Å². The molecular weight excluding hydrogens is 254 g/mol. The van der Waals surface area contributed by atoms with Crippen LogP contribution < -0.4 is 0 Å². The summed E-state index contributed by atoms with van der Waals surface area (Å²) in [6.45, 7) is 1.84. The quantitative estimate of drug-likeness (QED) is 0.808. The van der Waals surface area contributed by atoms with Crippen molar-refractivity contribution in [2.24, 2.45) is 0 Å². The highest BCUT2D eigenvalue weighted by Crippen LogP contribution is 2.16. The molecule has 0 atom stereocenters. The van der Waals surface area contributed by atoms with Gasteiger partial charge in [0.2, 0.25) is 10.0 Å². The van der Waals surface area contributed by atoms with Gasteiger partial charge in [-0.2, -0.15) is 4.31 Å². The Labute approximate surface area is 106 Å². The lowest BCUT2D eigenvalue weighted by atomic mass is 10.2. The number of hydrogen-bond donors (Lipinski definition) is 1. The molecular formula is C12H13NO4S. The first kappa shape index (κ1) is 14.2. The van der Waals surface area contributed by atoms with E-state index >= 15 is 0 Å². The van der Waals surface area contributed by atoms with E-state index in [2.05, 4.69) is 5.92 Å². The Morgan fingerprint density at radius 2 is 2.17 bits per heavy atom. The lowest BCUT2D eigenvalue weighted by Crippen LogP contribution is -2.31. The zero-order valence-electron chi connectivity index (χ0n) is 9.83. The second-order valence-corrected chi connectivity index (χ2v) is 5.41. The van der Waals surface area contributed by atoms with Gasteiger partial charge in [0.1, 0.15) is 0 Å². The molecule has 0 aliphatic rings. The summed E-state index contributed by atoms with van der Waals surface area (Å²) in [5.41, 5.74) is -0.0761. The molecule has 0 spiro atoms. The molecule has 6 heteroatoms. The molecule has 0 aromatic heterocycles. The Balaban J connectivity index is 3.24. The average molecular weight is 267 g/mol. The first-order valence-electron chi connectivity index (χ1n) is 5.20. The molecule has 0 fully saturated rings.